The van der Waals surface area contributed by atoms with Crippen molar-refractivity contribution in [3.8, 4) is 0 Å². The highest BCUT2D eigenvalue weighted by atomic mass is 19.4. The molecule has 24 heavy (non-hydrogen) atoms. The van der Waals surface area contributed by atoms with E-state index in [4.69, 9.17) is 4.74 Å². The van der Waals surface area contributed by atoms with Crippen LogP contribution in [0.15, 0.2) is 0 Å². The minimum Gasteiger partial charge on any atom is -0.459 e. The summed E-state index contributed by atoms with van der Waals surface area (Å²) in [5, 5.41) is 0. The van der Waals surface area contributed by atoms with E-state index < -0.39 is 29.1 Å². The fraction of sp³-hybridized carbons (Fsp3) is 0.947. The fourth-order valence-corrected chi connectivity index (χ4v) is 4.19. The Morgan fingerprint density at radius 1 is 1.17 bits per heavy atom. The molecule has 0 spiro atoms. The molecular weight excluding hydrogens is 317 g/mol. The molecule has 0 aromatic carbocycles. The molecule has 0 N–H and O–H groups in total. The number of ether oxygens (including phenoxy) is 1. The molecule has 0 amide bonds. The number of hydrogen-bond acceptors (Lipinski definition) is 2. The van der Waals surface area contributed by atoms with Gasteiger partial charge in [-0.3, -0.25) is 4.79 Å². The van der Waals surface area contributed by atoms with Crippen LogP contribution in [-0.4, -0.2) is 17.7 Å². The van der Waals surface area contributed by atoms with Crippen molar-refractivity contribution in [3.05, 3.63) is 0 Å². The Balaban J connectivity index is 2.11. The molecule has 3 unspecified atom stereocenters. The first-order valence-corrected chi connectivity index (χ1v) is 9.10. The zero-order chi connectivity index (χ0) is 18.3. The highest BCUT2D eigenvalue weighted by molar-refractivity contribution is 5.74. The molecule has 0 aromatic heterocycles. The van der Waals surface area contributed by atoms with Gasteiger partial charge in [-0.15, -0.1) is 0 Å². The number of alkyl halides is 3. The minimum absolute atomic E-state index is 0.0937. The smallest absolute Gasteiger partial charge is 0.402 e. The summed E-state index contributed by atoms with van der Waals surface area (Å²) in [5.41, 5.74) is -1.37. The van der Waals surface area contributed by atoms with Gasteiger partial charge in [0.25, 0.3) is 0 Å². The summed E-state index contributed by atoms with van der Waals surface area (Å²) in [6.45, 7) is 8.98. The van der Waals surface area contributed by atoms with Gasteiger partial charge in [0, 0.05) is 0 Å². The Kier molecular flexibility index (Phi) is 5.33. The van der Waals surface area contributed by atoms with Crippen LogP contribution in [-0.2, 0) is 9.53 Å². The molecule has 3 atom stereocenters. The Morgan fingerprint density at radius 3 is 2.25 bits per heavy atom. The number of esters is 1. The summed E-state index contributed by atoms with van der Waals surface area (Å²) in [6, 6.07) is 0. The summed E-state index contributed by atoms with van der Waals surface area (Å²) in [5.74, 6) is -1.73. The van der Waals surface area contributed by atoms with E-state index >= 15 is 0 Å². The second-order valence-corrected chi connectivity index (χ2v) is 9.47. The average Bonchev–Trinajstić information content (AvgIpc) is 2.34. The first kappa shape index (κ1) is 19.6. The number of hydrogen-bond donors (Lipinski definition) is 0. The number of carbonyl (C=O) groups is 1. The van der Waals surface area contributed by atoms with Gasteiger partial charge in [-0.25, -0.2) is 0 Å². The quantitative estimate of drug-likeness (QED) is 0.607. The van der Waals surface area contributed by atoms with Crippen LogP contribution in [0.25, 0.3) is 0 Å². The van der Waals surface area contributed by atoms with E-state index in [2.05, 4.69) is 0 Å². The molecule has 0 saturated heterocycles. The first-order chi connectivity index (χ1) is 10.8. The predicted octanol–water partition coefficient (Wildman–Crippen LogP) is 5.75. The summed E-state index contributed by atoms with van der Waals surface area (Å²) >= 11 is 0. The van der Waals surface area contributed by atoms with Gasteiger partial charge >= 0.3 is 12.1 Å². The third-order valence-corrected chi connectivity index (χ3v) is 5.94. The lowest BCUT2D eigenvalue weighted by Gasteiger charge is -2.47. The highest BCUT2D eigenvalue weighted by Gasteiger charge is 2.50. The third-order valence-electron chi connectivity index (χ3n) is 5.94. The molecule has 3 aliphatic carbocycles. The van der Waals surface area contributed by atoms with Crippen molar-refractivity contribution in [3.63, 3.8) is 0 Å². The summed E-state index contributed by atoms with van der Waals surface area (Å²) in [6.07, 6.45) is 0.195. The molecule has 0 heterocycles. The van der Waals surface area contributed by atoms with Gasteiger partial charge in [0.2, 0.25) is 0 Å². The number of rotatable bonds is 3. The lowest BCUT2D eigenvalue weighted by Crippen LogP contribution is -2.47. The minimum atomic E-state index is -4.56. The van der Waals surface area contributed by atoms with Crippen LogP contribution in [0.4, 0.5) is 13.2 Å². The van der Waals surface area contributed by atoms with E-state index in [9.17, 15) is 18.0 Å². The molecule has 3 saturated carbocycles. The fourth-order valence-electron chi connectivity index (χ4n) is 4.19. The Hall–Kier alpha value is -0.740. The van der Waals surface area contributed by atoms with Gasteiger partial charge in [0.1, 0.15) is 5.60 Å². The van der Waals surface area contributed by atoms with Crippen molar-refractivity contribution >= 4 is 5.97 Å². The summed E-state index contributed by atoms with van der Waals surface area (Å²) < 4.78 is 45.7. The second kappa shape index (κ2) is 6.53. The predicted molar refractivity (Wildman–Crippen MR) is 87.3 cm³/mol. The zero-order valence-corrected chi connectivity index (χ0v) is 15.5. The summed E-state index contributed by atoms with van der Waals surface area (Å²) in [4.78, 5) is 12.4. The van der Waals surface area contributed by atoms with Crippen LogP contribution in [0.1, 0.15) is 73.1 Å². The molecule has 3 rings (SSSR count). The van der Waals surface area contributed by atoms with E-state index in [0.717, 1.165) is 12.8 Å². The Labute approximate surface area is 143 Å². The molecular formula is C19H31F3O2. The van der Waals surface area contributed by atoms with Crippen molar-refractivity contribution in [2.45, 2.75) is 84.9 Å². The third kappa shape index (κ3) is 4.66. The largest absolute Gasteiger partial charge is 0.459 e. The molecule has 0 aromatic rings. The van der Waals surface area contributed by atoms with Gasteiger partial charge in [0.15, 0.2) is 5.92 Å². The van der Waals surface area contributed by atoms with Gasteiger partial charge in [0.05, 0.1) is 0 Å². The highest BCUT2D eigenvalue weighted by Crippen LogP contribution is 2.48. The number of carbonyl (C=O) groups excluding carboxylic acids is 1. The molecule has 2 nitrogen and oxygen atoms in total. The Bertz CT molecular complexity index is 460. The molecule has 5 heteroatoms. The van der Waals surface area contributed by atoms with Crippen LogP contribution in [0.5, 0.6) is 0 Å². The average molecular weight is 348 g/mol. The lowest BCUT2D eigenvalue weighted by molar-refractivity contribution is -0.216. The molecule has 0 radical (unpaired) electrons. The van der Waals surface area contributed by atoms with E-state index in [0.29, 0.717) is 18.3 Å². The monoisotopic (exact) mass is 348 g/mol. The van der Waals surface area contributed by atoms with Gasteiger partial charge < -0.3 is 4.74 Å². The number of halogens is 3. The van der Waals surface area contributed by atoms with Crippen molar-refractivity contribution in [1.82, 2.24) is 0 Å². The topological polar surface area (TPSA) is 26.3 Å². The molecule has 3 aliphatic rings. The van der Waals surface area contributed by atoms with E-state index in [-0.39, 0.29) is 12.3 Å². The van der Waals surface area contributed by atoms with Gasteiger partial charge in [-0.1, -0.05) is 27.7 Å². The van der Waals surface area contributed by atoms with Crippen molar-refractivity contribution in [1.29, 1.82) is 0 Å². The SMILES string of the molecule is CC1CC2CC(CCC1(C)OC(=O)C(CC(C)(C)C)C(F)(F)F)C2. The van der Waals surface area contributed by atoms with Gasteiger partial charge in [-0.05, 0) is 68.6 Å². The standard InChI is InChI=1S/C19H31F3O2/c1-12-8-14-9-13(10-14)6-7-18(12,5)24-16(23)15(19(20,21)22)11-17(2,3)4/h12-15H,6-11H2,1-5H3. The first-order valence-electron chi connectivity index (χ1n) is 9.10. The Morgan fingerprint density at radius 2 is 1.75 bits per heavy atom. The zero-order valence-electron chi connectivity index (χ0n) is 15.5. The second-order valence-electron chi connectivity index (χ2n) is 9.47. The van der Waals surface area contributed by atoms with Crippen molar-refractivity contribution < 1.29 is 22.7 Å². The van der Waals surface area contributed by atoms with E-state index in [1.54, 1.807) is 20.8 Å². The van der Waals surface area contributed by atoms with Crippen LogP contribution < -0.4 is 0 Å². The maximum Gasteiger partial charge on any atom is 0.402 e. The molecule has 3 fully saturated rings. The van der Waals surface area contributed by atoms with Crippen molar-refractivity contribution in [2.75, 3.05) is 0 Å². The van der Waals surface area contributed by atoms with Crippen LogP contribution >= 0.6 is 0 Å². The normalized spacial score (nSPS) is 35.4. The van der Waals surface area contributed by atoms with Crippen LogP contribution in [0, 0.1) is 29.1 Å². The maximum atomic E-state index is 13.4. The maximum absolute atomic E-state index is 13.4. The lowest BCUT2D eigenvalue weighted by atomic mass is 9.63. The van der Waals surface area contributed by atoms with Gasteiger partial charge in [-0.2, -0.15) is 13.2 Å². The number of fused-ring (bicyclic) bond motifs is 4. The van der Waals surface area contributed by atoms with E-state index in [1.165, 1.54) is 12.8 Å². The van der Waals surface area contributed by atoms with Crippen molar-refractivity contribution in [2.24, 2.45) is 29.1 Å². The molecule has 0 aliphatic heterocycles. The van der Waals surface area contributed by atoms with Crippen LogP contribution in [0.3, 0.4) is 0 Å². The molecule has 2 bridgehead atoms. The molecule has 140 valence electrons. The summed E-state index contributed by atoms with van der Waals surface area (Å²) in [7, 11) is 0. The van der Waals surface area contributed by atoms with E-state index in [1.807, 2.05) is 13.8 Å². The van der Waals surface area contributed by atoms with Crippen LogP contribution in [0.2, 0.25) is 0 Å².